The number of aryl methyl sites for hydroxylation is 1. The molecule has 1 N–H and O–H groups in total. The molecule has 1 aromatic heterocycles. The first kappa shape index (κ1) is 14.1. The molecule has 0 spiro atoms. The summed E-state index contributed by atoms with van der Waals surface area (Å²) in [5.74, 6) is -0.290. The predicted molar refractivity (Wildman–Crippen MR) is 76.7 cm³/mol. The number of rotatable bonds is 4. The Bertz CT molecular complexity index is 675. The molecule has 1 heterocycles. The molecule has 0 aliphatic rings. The molecular weight excluding hydrogens is 272 g/mol. The summed E-state index contributed by atoms with van der Waals surface area (Å²) in [5.41, 5.74) is 2.69. The minimum Gasteiger partial charge on any atom is -0.478 e. The fourth-order valence-corrected chi connectivity index (χ4v) is 2.60. The maximum atomic E-state index is 10.8. The van der Waals surface area contributed by atoms with Crippen LogP contribution in [0, 0.1) is 18.3 Å². The molecule has 2 aromatic rings. The highest BCUT2D eigenvalue weighted by Gasteiger charge is 2.06. The number of pyridine rings is 1. The van der Waals surface area contributed by atoms with Gasteiger partial charge in [-0.3, -0.25) is 0 Å². The molecule has 20 heavy (non-hydrogen) atoms. The summed E-state index contributed by atoms with van der Waals surface area (Å²) in [6.45, 7) is 1.88. The third-order valence-electron chi connectivity index (χ3n) is 2.70. The van der Waals surface area contributed by atoms with Gasteiger partial charge in [-0.1, -0.05) is 12.1 Å². The van der Waals surface area contributed by atoms with E-state index in [1.807, 2.05) is 13.0 Å². The van der Waals surface area contributed by atoms with Crippen molar-refractivity contribution in [3.63, 3.8) is 0 Å². The van der Waals surface area contributed by atoms with Crippen LogP contribution in [0.4, 0.5) is 0 Å². The smallest absolute Gasteiger partial charge is 0.335 e. The molecule has 0 atom stereocenters. The van der Waals surface area contributed by atoms with Gasteiger partial charge in [0.15, 0.2) is 0 Å². The van der Waals surface area contributed by atoms with Crippen molar-refractivity contribution < 1.29 is 9.90 Å². The molecule has 0 saturated carbocycles. The van der Waals surface area contributed by atoms with Crippen LogP contribution in [-0.4, -0.2) is 16.1 Å². The van der Waals surface area contributed by atoms with Gasteiger partial charge < -0.3 is 5.11 Å². The van der Waals surface area contributed by atoms with Gasteiger partial charge in [0.25, 0.3) is 0 Å². The second-order valence-corrected chi connectivity index (χ2v) is 5.17. The second-order valence-electron chi connectivity index (χ2n) is 4.21. The summed E-state index contributed by atoms with van der Waals surface area (Å²) in [4.78, 5) is 15.1. The van der Waals surface area contributed by atoms with E-state index in [0.29, 0.717) is 16.3 Å². The van der Waals surface area contributed by atoms with Gasteiger partial charge in [0, 0.05) is 11.4 Å². The number of thioether (sulfide) groups is 1. The molecule has 100 valence electrons. The molecule has 4 nitrogen and oxygen atoms in total. The van der Waals surface area contributed by atoms with Crippen LogP contribution in [0.2, 0.25) is 0 Å². The van der Waals surface area contributed by atoms with Gasteiger partial charge >= 0.3 is 5.97 Å². The van der Waals surface area contributed by atoms with E-state index in [4.69, 9.17) is 10.4 Å². The molecule has 0 aliphatic heterocycles. The number of carbonyl (C=O) groups is 1. The summed E-state index contributed by atoms with van der Waals surface area (Å²) in [6.07, 6.45) is 0. The Kier molecular flexibility index (Phi) is 4.38. The maximum Gasteiger partial charge on any atom is 0.335 e. The predicted octanol–water partition coefficient (Wildman–Crippen LogP) is 3.25. The zero-order valence-electron chi connectivity index (χ0n) is 10.8. The third kappa shape index (κ3) is 3.37. The highest BCUT2D eigenvalue weighted by atomic mass is 32.2. The summed E-state index contributed by atoms with van der Waals surface area (Å²) in [6, 6.07) is 12.4. The van der Waals surface area contributed by atoms with Crippen molar-refractivity contribution in [2.75, 3.05) is 0 Å². The Labute approximate surface area is 121 Å². The van der Waals surface area contributed by atoms with E-state index in [1.54, 1.807) is 30.3 Å². The van der Waals surface area contributed by atoms with Crippen molar-refractivity contribution in [3.05, 3.63) is 58.8 Å². The zero-order chi connectivity index (χ0) is 14.5. The van der Waals surface area contributed by atoms with E-state index in [0.717, 1.165) is 11.3 Å². The van der Waals surface area contributed by atoms with Crippen LogP contribution in [0.3, 0.4) is 0 Å². The first-order valence-electron chi connectivity index (χ1n) is 5.93. The van der Waals surface area contributed by atoms with E-state index in [-0.39, 0.29) is 5.56 Å². The van der Waals surface area contributed by atoms with E-state index >= 15 is 0 Å². The summed E-state index contributed by atoms with van der Waals surface area (Å²) < 4.78 is 0. The largest absolute Gasteiger partial charge is 0.478 e. The monoisotopic (exact) mass is 284 g/mol. The molecule has 0 amide bonds. The summed E-state index contributed by atoms with van der Waals surface area (Å²) in [7, 11) is 0. The SMILES string of the molecule is Cc1ccc(C#N)c(SCc2ccc(C(=O)O)cc2)n1. The highest BCUT2D eigenvalue weighted by Crippen LogP contribution is 2.24. The first-order valence-corrected chi connectivity index (χ1v) is 6.91. The number of benzene rings is 1. The number of nitrogens with zero attached hydrogens (tertiary/aromatic N) is 2. The van der Waals surface area contributed by atoms with Crippen LogP contribution in [0.15, 0.2) is 41.4 Å². The van der Waals surface area contributed by atoms with E-state index < -0.39 is 5.97 Å². The Morgan fingerprint density at radius 1 is 1.30 bits per heavy atom. The molecule has 5 heteroatoms. The van der Waals surface area contributed by atoms with Gasteiger partial charge in [0.2, 0.25) is 0 Å². The minimum atomic E-state index is -0.934. The standard InChI is InChI=1S/C15H12N2O2S/c1-10-2-5-13(8-16)14(17-10)20-9-11-3-6-12(7-4-11)15(18)19/h2-7H,9H2,1H3,(H,18,19). The molecule has 0 radical (unpaired) electrons. The number of aromatic carboxylic acids is 1. The van der Waals surface area contributed by atoms with Crippen molar-refractivity contribution in [1.29, 1.82) is 5.26 Å². The lowest BCUT2D eigenvalue weighted by Crippen LogP contribution is -1.96. The van der Waals surface area contributed by atoms with Crippen LogP contribution in [0.5, 0.6) is 0 Å². The quantitative estimate of drug-likeness (QED) is 0.872. The van der Waals surface area contributed by atoms with Crippen molar-refractivity contribution in [1.82, 2.24) is 4.98 Å². The van der Waals surface area contributed by atoms with Crippen LogP contribution >= 0.6 is 11.8 Å². The van der Waals surface area contributed by atoms with Gasteiger partial charge in [-0.05, 0) is 36.8 Å². The molecule has 1 aromatic carbocycles. The lowest BCUT2D eigenvalue weighted by Gasteiger charge is -2.05. The lowest BCUT2D eigenvalue weighted by molar-refractivity contribution is 0.0697. The van der Waals surface area contributed by atoms with Crippen molar-refractivity contribution in [3.8, 4) is 6.07 Å². The average molecular weight is 284 g/mol. The van der Waals surface area contributed by atoms with E-state index in [1.165, 1.54) is 11.8 Å². The molecule has 0 aliphatic carbocycles. The van der Waals surface area contributed by atoms with Gasteiger partial charge in [-0.2, -0.15) is 5.26 Å². The normalized spacial score (nSPS) is 10.0. The van der Waals surface area contributed by atoms with Crippen LogP contribution < -0.4 is 0 Å². The number of nitriles is 1. The van der Waals surface area contributed by atoms with Gasteiger partial charge in [0.1, 0.15) is 11.1 Å². The van der Waals surface area contributed by atoms with E-state index in [2.05, 4.69) is 11.1 Å². The Morgan fingerprint density at radius 2 is 2.00 bits per heavy atom. The minimum absolute atomic E-state index is 0.269. The third-order valence-corrected chi connectivity index (χ3v) is 3.76. The van der Waals surface area contributed by atoms with Crippen molar-refractivity contribution in [2.24, 2.45) is 0 Å². The average Bonchev–Trinajstić information content (AvgIpc) is 2.45. The van der Waals surface area contributed by atoms with Gasteiger partial charge in [-0.15, -0.1) is 11.8 Å². The number of aromatic nitrogens is 1. The fraction of sp³-hybridized carbons (Fsp3) is 0.133. The maximum absolute atomic E-state index is 10.8. The van der Waals surface area contributed by atoms with Crippen molar-refractivity contribution in [2.45, 2.75) is 17.7 Å². The number of hydrogen-bond acceptors (Lipinski definition) is 4. The van der Waals surface area contributed by atoms with Gasteiger partial charge in [0.05, 0.1) is 11.1 Å². The lowest BCUT2D eigenvalue weighted by atomic mass is 10.1. The van der Waals surface area contributed by atoms with Crippen LogP contribution in [0.1, 0.15) is 27.2 Å². The Morgan fingerprint density at radius 3 is 2.60 bits per heavy atom. The topological polar surface area (TPSA) is 74.0 Å². The zero-order valence-corrected chi connectivity index (χ0v) is 11.6. The number of carboxylic acids is 1. The molecule has 0 bridgehead atoms. The molecule has 0 unspecified atom stereocenters. The number of hydrogen-bond donors (Lipinski definition) is 1. The molecule has 2 rings (SSSR count). The summed E-state index contributed by atoms with van der Waals surface area (Å²) >= 11 is 1.47. The fourth-order valence-electron chi connectivity index (χ4n) is 1.62. The van der Waals surface area contributed by atoms with Crippen LogP contribution in [0.25, 0.3) is 0 Å². The van der Waals surface area contributed by atoms with E-state index in [9.17, 15) is 4.79 Å². The second kappa shape index (κ2) is 6.22. The number of carboxylic acid groups (broad SMARTS) is 1. The Balaban J connectivity index is 2.11. The molecule has 0 fully saturated rings. The Hall–Kier alpha value is -2.32. The summed E-state index contributed by atoms with van der Waals surface area (Å²) in [5, 5.41) is 18.6. The molecular formula is C15H12N2O2S. The first-order chi connectivity index (χ1) is 9.60. The van der Waals surface area contributed by atoms with Crippen molar-refractivity contribution >= 4 is 17.7 Å². The van der Waals surface area contributed by atoms with Crippen LogP contribution in [-0.2, 0) is 5.75 Å². The van der Waals surface area contributed by atoms with Gasteiger partial charge in [-0.25, -0.2) is 9.78 Å². The highest BCUT2D eigenvalue weighted by molar-refractivity contribution is 7.98. The molecule has 0 saturated heterocycles.